The van der Waals surface area contributed by atoms with Gasteiger partial charge < -0.3 is 9.88 Å². The third kappa shape index (κ3) is 3.55. The monoisotopic (exact) mass is 308 g/mol. The molecule has 0 aliphatic heterocycles. The van der Waals surface area contributed by atoms with E-state index in [4.69, 9.17) is 23.8 Å². The van der Waals surface area contributed by atoms with Crippen LogP contribution in [0.3, 0.4) is 0 Å². The molecule has 5 nitrogen and oxygen atoms in total. The van der Waals surface area contributed by atoms with Crippen molar-refractivity contribution >= 4 is 35.8 Å². The number of carbonyl (C=O) groups excluding carboxylic acids is 1. The van der Waals surface area contributed by atoms with Gasteiger partial charge in [0.15, 0.2) is 10.6 Å². The van der Waals surface area contributed by atoms with E-state index in [1.165, 1.54) is 6.08 Å². The van der Waals surface area contributed by atoms with Gasteiger partial charge in [-0.05, 0) is 29.9 Å². The van der Waals surface area contributed by atoms with Crippen LogP contribution in [0.2, 0.25) is 5.02 Å². The van der Waals surface area contributed by atoms with Crippen molar-refractivity contribution < 1.29 is 4.79 Å². The number of benzene rings is 1. The molecule has 0 fully saturated rings. The molecule has 0 aliphatic carbocycles. The Morgan fingerprint density at radius 1 is 1.55 bits per heavy atom. The van der Waals surface area contributed by atoms with Crippen molar-refractivity contribution in [3.05, 3.63) is 51.5 Å². The summed E-state index contributed by atoms with van der Waals surface area (Å²) < 4.78 is 2.22. The van der Waals surface area contributed by atoms with Gasteiger partial charge in [0.05, 0.1) is 6.54 Å². The Kier molecular flexibility index (Phi) is 4.70. The predicted molar refractivity (Wildman–Crippen MR) is 80.7 cm³/mol. The molecule has 1 aromatic heterocycles. The van der Waals surface area contributed by atoms with Crippen LogP contribution in [0.4, 0.5) is 0 Å². The molecular formula is C13H13ClN4OS. The minimum Gasteiger partial charge on any atom is -0.345 e. The molecule has 7 heteroatoms. The second kappa shape index (κ2) is 6.49. The number of rotatable bonds is 4. The number of H-pyrrole nitrogens is 1. The number of aromatic amines is 1. The zero-order valence-electron chi connectivity index (χ0n) is 10.8. The molecule has 0 unspecified atom stereocenters. The van der Waals surface area contributed by atoms with Crippen LogP contribution in [0, 0.1) is 4.77 Å². The van der Waals surface area contributed by atoms with E-state index in [0.717, 1.165) is 5.56 Å². The molecule has 0 aliphatic rings. The number of hydrogen-bond donors (Lipinski definition) is 2. The summed E-state index contributed by atoms with van der Waals surface area (Å²) in [5, 5.41) is 9.99. The highest BCUT2D eigenvalue weighted by Gasteiger charge is 2.03. The first-order valence-corrected chi connectivity index (χ1v) is 6.67. The molecule has 20 heavy (non-hydrogen) atoms. The maximum absolute atomic E-state index is 11.7. The summed E-state index contributed by atoms with van der Waals surface area (Å²) in [5.41, 5.74) is 0.794. The molecular weight excluding hydrogens is 296 g/mol. The van der Waals surface area contributed by atoms with Crippen molar-refractivity contribution in [3.63, 3.8) is 0 Å². The molecule has 0 spiro atoms. The van der Waals surface area contributed by atoms with Crippen molar-refractivity contribution in [1.82, 2.24) is 20.1 Å². The van der Waals surface area contributed by atoms with Gasteiger partial charge in [0, 0.05) is 18.1 Å². The van der Waals surface area contributed by atoms with Crippen molar-refractivity contribution in [1.29, 1.82) is 0 Å². The quantitative estimate of drug-likeness (QED) is 0.673. The van der Waals surface area contributed by atoms with E-state index in [-0.39, 0.29) is 5.91 Å². The molecule has 1 aromatic carbocycles. The zero-order valence-corrected chi connectivity index (χ0v) is 12.3. The maximum Gasteiger partial charge on any atom is 0.244 e. The fourth-order valence-corrected chi connectivity index (χ4v) is 1.89. The highest BCUT2D eigenvalue weighted by atomic mass is 35.5. The number of halogens is 1. The smallest absolute Gasteiger partial charge is 0.244 e. The van der Waals surface area contributed by atoms with Crippen molar-refractivity contribution in [2.24, 2.45) is 7.05 Å². The van der Waals surface area contributed by atoms with Gasteiger partial charge in [-0.3, -0.25) is 9.89 Å². The largest absolute Gasteiger partial charge is 0.345 e. The minimum absolute atomic E-state index is 0.223. The summed E-state index contributed by atoms with van der Waals surface area (Å²) >= 11 is 11.0. The van der Waals surface area contributed by atoms with E-state index in [1.54, 1.807) is 23.8 Å². The van der Waals surface area contributed by atoms with E-state index in [1.807, 2.05) is 18.2 Å². The zero-order chi connectivity index (χ0) is 14.5. The van der Waals surface area contributed by atoms with Gasteiger partial charge in [0.1, 0.15) is 0 Å². The predicted octanol–water partition coefficient (Wildman–Crippen LogP) is 2.46. The number of nitrogens with zero attached hydrogens (tertiary/aromatic N) is 2. The third-order valence-electron chi connectivity index (χ3n) is 2.71. The van der Waals surface area contributed by atoms with Crippen LogP contribution in [-0.4, -0.2) is 20.7 Å². The molecule has 2 aromatic rings. The summed E-state index contributed by atoms with van der Waals surface area (Å²) in [6.07, 6.45) is 3.10. The molecule has 1 amide bonds. The van der Waals surface area contributed by atoms with E-state index >= 15 is 0 Å². The molecule has 0 atom stereocenters. The Labute approximate surface area is 126 Å². The number of hydrogen-bond acceptors (Lipinski definition) is 3. The second-order valence-corrected chi connectivity index (χ2v) is 4.87. The van der Waals surface area contributed by atoms with Crippen molar-refractivity contribution in [3.8, 4) is 0 Å². The molecule has 2 N–H and O–H groups in total. The molecule has 0 saturated heterocycles. The molecule has 0 saturated carbocycles. The Morgan fingerprint density at radius 2 is 2.30 bits per heavy atom. The lowest BCUT2D eigenvalue weighted by atomic mass is 10.2. The number of carbonyl (C=O) groups is 1. The maximum atomic E-state index is 11.7. The summed E-state index contributed by atoms with van der Waals surface area (Å²) in [6, 6.07) is 7.30. The highest BCUT2D eigenvalue weighted by molar-refractivity contribution is 7.71. The van der Waals surface area contributed by atoms with E-state index in [2.05, 4.69) is 15.5 Å². The first-order valence-electron chi connectivity index (χ1n) is 5.88. The Hall–Kier alpha value is -1.92. The van der Waals surface area contributed by atoms with E-state index < -0.39 is 0 Å². The van der Waals surface area contributed by atoms with Gasteiger partial charge in [-0.25, -0.2) is 0 Å². The molecule has 0 bridgehead atoms. The van der Waals surface area contributed by atoms with Crippen molar-refractivity contribution in [2.45, 2.75) is 6.54 Å². The Morgan fingerprint density at radius 3 is 2.95 bits per heavy atom. The van der Waals surface area contributed by atoms with Gasteiger partial charge in [0.25, 0.3) is 0 Å². The summed E-state index contributed by atoms with van der Waals surface area (Å²) in [7, 11) is 1.78. The number of amides is 1. The normalized spacial score (nSPS) is 10.9. The van der Waals surface area contributed by atoms with Crippen LogP contribution in [0.1, 0.15) is 11.4 Å². The van der Waals surface area contributed by atoms with Gasteiger partial charge in [0.2, 0.25) is 5.91 Å². The second-order valence-electron chi connectivity index (χ2n) is 4.08. The highest BCUT2D eigenvalue weighted by Crippen LogP contribution is 2.15. The lowest BCUT2D eigenvalue weighted by molar-refractivity contribution is -0.116. The van der Waals surface area contributed by atoms with Crippen LogP contribution in [-0.2, 0) is 18.4 Å². The number of aromatic nitrogens is 3. The summed E-state index contributed by atoms with van der Waals surface area (Å²) in [5.74, 6) is 0.438. The van der Waals surface area contributed by atoms with E-state index in [0.29, 0.717) is 22.2 Å². The Balaban J connectivity index is 1.95. The average Bonchev–Trinajstić information content (AvgIpc) is 2.76. The lowest BCUT2D eigenvalue weighted by Gasteiger charge is -2.01. The van der Waals surface area contributed by atoms with Gasteiger partial charge in [-0.2, -0.15) is 5.10 Å². The van der Waals surface area contributed by atoms with Gasteiger partial charge >= 0.3 is 0 Å². The molecule has 104 valence electrons. The van der Waals surface area contributed by atoms with Crippen molar-refractivity contribution in [2.75, 3.05) is 0 Å². The minimum atomic E-state index is -0.223. The third-order valence-corrected chi connectivity index (χ3v) is 3.42. The molecule has 0 radical (unpaired) electrons. The van der Waals surface area contributed by atoms with Crippen LogP contribution in [0.5, 0.6) is 0 Å². The summed E-state index contributed by atoms with van der Waals surface area (Å²) in [4.78, 5) is 11.7. The molecule has 2 rings (SSSR count). The summed E-state index contributed by atoms with van der Waals surface area (Å²) in [6.45, 7) is 0.301. The van der Waals surface area contributed by atoms with Gasteiger partial charge in [-0.15, -0.1) is 0 Å². The van der Waals surface area contributed by atoms with E-state index in [9.17, 15) is 4.79 Å². The van der Waals surface area contributed by atoms with Gasteiger partial charge in [-0.1, -0.05) is 29.8 Å². The first kappa shape index (κ1) is 14.5. The Bertz CT molecular complexity index is 704. The topological polar surface area (TPSA) is 62.7 Å². The van der Waals surface area contributed by atoms with Crippen LogP contribution in [0.25, 0.3) is 6.08 Å². The molecule has 1 heterocycles. The SMILES string of the molecule is Cn1c(CNC(=O)/C=C/c2ccccc2Cl)n[nH]c1=S. The average molecular weight is 309 g/mol. The fourth-order valence-electron chi connectivity index (χ4n) is 1.54. The van der Waals surface area contributed by atoms with Crippen LogP contribution >= 0.6 is 23.8 Å². The number of nitrogens with one attached hydrogen (secondary N) is 2. The van der Waals surface area contributed by atoms with Crippen LogP contribution < -0.4 is 5.32 Å². The lowest BCUT2D eigenvalue weighted by Crippen LogP contribution is -2.22. The first-order chi connectivity index (χ1) is 9.58. The standard InChI is InChI=1S/C13H13ClN4OS/c1-18-11(16-17-13(18)20)8-15-12(19)7-6-9-4-2-3-5-10(9)14/h2-7H,8H2,1H3,(H,15,19)(H,17,20)/b7-6+. The van der Waals surface area contributed by atoms with Crippen LogP contribution in [0.15, 0.2) is 30.3 Å². The fraction of sp³-hybridized carbons (Fsp3) is 0.154.